The number of hydrogen-bond acceptors (Lipinski definition) is 6. The van der Waals surface area contributed by atoms with Crippen molar-refractivity contribution in [3.8, 4) is 0 Å². The summed E-state index contributed by atoms with van der Waals surface area (Å²) in [5, 5.41) is 10.9. The molecule has 0 radical (unpaired) electrons. The first-order valence-corrected chi connectivity index (χ1v) is 5.35. The third-order valence-electron chi connectivity index (χ3n) is 2.71. The van der Waals surface area contributed by atoms with E-state index in [-0.39, 0.29) is 17.5 Å². The van der Waals surface area contributed by atoms with Crippen molar-refractivity contribution in [3.63, 3.8) is 0 Å². The predicted octanol–water partition coefficient (Wildman–Crippen LogP) is 0.797. The molecular weight excluding hydrogens is 224 g/mol. The number of ether oxygens (including phenoxy) is 1. The Hall–Kier alpha value is -1.89. The van der Waals surface area contributed by atoms with E-state index in [1.54, 1.807) is 0 Å². The van der Waals surface area contributed by atoms with Gasteiger partial charge in [0.15, 0.2) is 0 Å². The number of nitro groups is 1. The molecule has 17 heavy (non-hydrogen) atoms. The highest BCUT2D eigenvalue weighted by molar-refractivity contribution is 5.61. The van der Waals surface area contributed by atoms with Gasteiger partial charge in [-0.25, -0.2) is 4.98 Å². The number of nitrogens with zero attached hydrogens (tertiary/aromatic N) is 3. The maximum atomic E-state index is 10.9. The molecule has 2 heterocycles. The Kier molecular flexibility index (Phi) is 3.10. The molecule has 0 saturated carbocycles. The van der Waals surface area contributed by atoms with Crippen LogP contribution in [0.4, 0.5) is 17.3 Å². The molecule has 1 atom stereocenters. The fourth-order valence-electron chi connectivity index (χ4n) is 1.85. The number of rotatable bonds is 2. The van der Waals surface area contributed by atoms with E-state index in [1.165, 1.54) is 12.1 Å². The van der Waals surface area contributed by atoms with Crippen molar-refractivity contribution in [2.45, 2.75) is 13.0 Å². The summed E-state index contributed by atoms with van der Waals surface area (Å²) in [5.41, 5.74) is 5.57. The van der Waals surface area contributed by atoms with Crippen molar-refractivity contribution in [2.75, 3.05) is 30.4 Å². The van der Waals surface area contributed by atoms with Crippen LogP contribution in [0.1, 0.15) is 6.92 Å². The fraction of sp³-hybridized carbons (Fsp3) is 0.500. The van der Waals surface area contributed by atoms with Crippen LogP contribution in [0.25, 0.3) is 0 Å². The molecule has 2 N–H and O–H groups in total. The summed E-state index contributed by atoms with van der Waals surface area (Å²) in [6.45, 7) is 3.60. The van der Waals surface area contributed by atoms with E-state index in [0.717, 1.165) is 0 Å². The Morgan fingerprint density at radius 3 is 3.06 bits per heavy atom. The molecule has 1 aromatic heterocycles. The van der Waals surface area contributed by atoms with Crippen molar-refractivity contribution in [3.05, 3.63) is 22.2 Å². The van der Waals surface area contributed by atoms with Gasteiger partial charge >= 0.3 is 5.69 Å². The molecule has 92 valence electrons. The smallest absolute Gasteiger partial charge is 0.311 e. The van der Waals surface area contributed by atoms with E-state index < -0.39 is 4.92 Å². The number of anilines is 2. The monoisotopic (exact) mass is 238 g/mol. The first-order valence-electron chi connectivity index (χ1n) is 5.35. The topological polar surface area (TPSA) is 94.5 Å². The number of morpholine rings is 1. The van der Waals surface area contributed by atoms with Crippen LogP contribution in [0.15, 0.2) is 12.1 Å². The Morgan fingerprint density at radius 1 is 1.65 bits per heavy atom. The zero-order valence-electron chi connectivity index (χ0n) is 9.50. The summed E-state index contributed by atoms with van der Waals surface area (Å²) in [4.78, 5) is 16.4. The number of hydrogen-bond donors (Lipinski definition) is 1. The van der Waals surface area contributed by atoms with Crippen molar-refractivity contribution in [1.29, 1.82) is 0 Å². The van der Waals surface area contributed by atoms with Gasteiger partial charge in [0.1, 0.15) is 5.82 Å². The van der Waals surface area contributed by atoms with E-state index >= 15 is 0 Å². The SMILES string of the molecule is CC1COCCN1c1nc(N)ccc1[N+](=O)[O-]. The van der Waals surface area contributed by atoms with Crippen molar-refractivity contribution < 1.29 is 9.66 Å². The zero-order chi connectivity index (χ0) is 12.4. The second-order valence-corrected chi connectivity index (χ2v) is 3.95. The van der Waals surface area contributed by atoms with Crippen LogP contribution in [-0.2, 0) is 4.74 Å². The minimum absolute atomic E-state index is 0.0204. The highest BCUT2D eigenvalue weighted by Gasteiger charge is 2.27. The Labute approximate surface area is 98.3 Å². The van der Waals surface area contributed by atoms with E-state index in [1.807, 2.05) is 11.8 Å². The van der Waals surface area contributed by atoms with E-state index in [0.29, 0.717) is 25.6 Å². The molecule has 1 saturated heterocycles. The highest BCUT2D eigenvalue weighted by atomic mass is 16.6. The lowest BCUT2D eigenvalue weighted by Gasteiger charge is -2.33. The van der Waals surface area contributed by atoms with Gasteiger partial charge < -0.3 is 15.4 Å². The van der Waals surface area contributed by atoms with Crippen LogP contribution in [0.2, 0.25) is 0 Å². The van der Waals surface area contributed by atoms with Crippen LogP contribution >= 0.6 is 0 Å². The Bertz CT molecular complexity index is 438. The van der Waals surface area contributed by atoms with E-state index in [4.69, 9.17) is 10.5 Å². The van der Waals surface area contributed by atoms with Crippen molar-refractivity contribution in [1.82, 2.24) is 4.98 Å². The van der Waals surface area contributed by atoms with Gasteiger partial charge in [-0.15, -0.1) is 0 Å². The summed E-state index contributed by atoms with van der Waals surface area (Å²) in [6, 6.07) is 2.88. The normalized spacial score (nSPS) is 20.3. The molecule has 1 aliphatic rings. The third kappa shape index (κ3) is 2.28. The molecule has 2 rings (SSSR count). The largest absolute Gasteiger partial charge is 0.384 e. The lowest BCUT2D eigenvalue weighted by molar-refractivity contribution is -0.384. The molecule has 1 fully saturated rings. The van der Waals surface area contributed by atoms with Gasteiger partial charge in [0.2, 0.25) is 5.82 Å². The minimum Gasteiger partial charge on any atom is -0.384 e. The molecule has 0 bridgehead atoms. The van der Waals surface area contributed by atoms with E-state index in [9.17, 15) is 10.1 Å². The van der Waals surface area contributed by atoms with Gasteiger partial charge in [-0.1, -0.05) is 0 Å². The van der Waals surface area contributed by atoms with Crippen LogP contribution in [0.3, 0.4) is 0 Å². The summed E-state index contributed by atoms with van der Waals surface area (Å²) < 4.78 is 5.29. The standard InChI is InChI=1S/C10H14N4O3/c1-7-6-17-5-4-13(7)10-8(14(15)16)2-3-9(11)12-10/h2-3,7H,4-6H2,1H3,(H2,11,12). The summed E-state index contributed by atoms with van der Waals surface area (Å²) in [7, 11) is 0. The lowest BCUT2D eigenvalue weighted by atomic mass is 10.2. The van der Waals surface area contributed by atoms with Gasteiger partial charge in [0.05, 0.1) is 24.2 Å². The van der Waals surface area contributed by atoms with Crippen molar-refractivity contribution >= 4 is 17.3 Å². The molecule has 0 aliphatic carbocycles. The fourth-order valence-corrected chi connectivity index (χ4v) is 1.85. The quantitative estimate of drug-likeness (QED) is 0.604. The summed E-state index contributed by atoms with van der Waals surface area (Å²) in [5.74, 6) is 0.607. The van der Waals surface area contributed by atoms with E-state index in [2.05, 4.69) is 4.98 Å². The second-order valence-electron chi connectivity index (χ2n) is 3.95. The molecule has 7 heteroatoms. The average molecular weight is 238 g/mol. The summed E-state index contributed by atoms with van der Waals surface area (Å²) >= 11 is 0. The number of nitrogens with two attached hydrogens (primary N) is 1. The van der Waals surface area contributed by atoms with Crippen molar-refractivity contribution in [2.24, 2.45) is 0 Å². The molecule has 1 aromatic rings. The second kappa shape index (κ2) is 4.54. The van der Waals surface area contributed by atoms with Gasteiger partial charge in [0.25, 0.3) is 0 Å². The average Bonchev–Trinajstić information content (AvgIpc) is 2.29. The Balaban J connectivity index is 2.41. The maximum Gasteiger partial charge on any atom is 0.311 e. The van der Waals surface area contributed by atoms with Crippen LogP contribution in [0, 0.1) is 10.1 Å². The lowest BCUT2D eigenvalue weighted by Crippen LogP contribution is -2.44. The molecule has 7 nitrogen and oxygen atoms in total. The van der Waals surface area contributed by atoms with Gasteiger partial charge in [-0.3, -0.25) is 10.1 Å². The minimum atomic E-state index is -0.441. The first-order chi connectivity index (χ1) is 8.09. The number of aromatic nitrogens is 1. The number of pyridine rings is 1. The molecule has 0 spiro atoms. The highest BCUT2D eigenvalue weighted by Crippen LogP contribution is 2.29. The molecule has 1 unspecified atom stereocenters. The maximum absolute atomic E-state index is 10.9. The molecular formula is C10H14N4O3. The van der Waals surface area contributed by atoms with Crippen LogP contribution in [-0.4, -0.2) is 35.7 Å². The zero-order valence-corrected chi connectivity index (χ0v) is 9.50. The predicted molar refractivity (Wildman–Crippen MR) is 62.9 cm³/mol. The Morgan fingerprint density at radius 2 is 2.41 bits per heavy atom. The number of nitrogen functional groups attached to an aromatic ring is 1. The van der Waals surface area contributed by atoms with Gasteiger partial charge in [-0.2, -0.15) is 0 Å². The third-order valence-corrected chi connectivity index (χ3v) is 2.71. The van der Waals surface area contributed by atoms with Crippen LogP contribution in [0.5, 0.6) is 0 Å². The van der Waals surface area contributed by atoms with Gasteiger partial charge in [-0.05, 0) is 13.0 Å². The van der Waals surface area contributed by atoms with Crippen LogP contribution < -0.4 is 10.6 Å². The van der Waals surface area contributed by atoms with Gasteiger partial charge in [0, 0.05) is 12.6 Å². The first kappa shape index (κ1) is 11.6. The molecule has 1 aliphatic heterocycles. The molecule has 0 amide bonds. The summed E-state index contributed by atoms with van der Waals surface area (Å²) in [6.07, 6.45) is 0. The molecule has 0 aromatic carbocycles.